The van der Waals surface area contributed by atoms with Crippen molar-refractivity contribution >= 4 is 18.2 Å². The zero-order valence-corrected chi connectivity index (χ0v) is 22.2. The van der Waals surface area contributed by atoms with Crippen LogP contribution in [0.2, 0.25) is 0 Å². The quantitative estimate of drug-likeness (QED) is 0.359. The Balaban J connectivity index is 1.74. The van der Waals surface area contributed by atoms with Gasteiger partial charge in [-0.25, -0.2) is 0 Å². The molecule has 3 atom stereocenters. The molecule has 0 radical (unpaired) electrons. The molecule has 0 saturated heterocycles. The lowest BCUT2D eigenvalue weighted by atomic mass is 9.93. The van der Waals surface area contributed by atoms with Crippen molar-refractivity contribution < 1.29 is 28.6 Å². The van der Waals surface area contributed by atoms with E-state index in [1.54, 1.807) is 33.0 Å². The summed E-state index contributed by atoms with van der Waals surface area (Å²) in [5, 5.41) is 3.18. The Kier molecular flexibility index (Phi) is 10.5. The number of amides is 1. The summed E-state index contributed by atoms with van der Waals surface area (Å²) in [6, 6.07) is 1.76. The first kappa shape index (κ1) is 28.2. The number of methoxy groups -OCH3 is 2. The number of ether oxygens (including phenoxy) is 3. The third kappa shape index (κ3) is 7.32. The second kappa shape index (κ2) is 13.8. The molecule has 200 valence electrons. The smallest absolute Gasteiger partial charge is 0.323 e. The maximum Gasteiger partial charge on any atom is 0.323 e. The summed E-state index contributed by atoms with van der Waals surface area (Å²) in [7, 11) is 3.12. The van der Waals surface area contributed by atoms with Crippen LogP contribution in [-0.2, 0) is 32.1 Å². The highest BCUT2D eigenvalue weighted by Crippen LogP contribution is 2.34. The number of benzene rings is 1. The number of carbonyl (C=O) groups excluding carboxylic acids is 3. The summed E-state index contributed by atoms with van der Waals surface area (Å²) < 4.78 is 16.1. The van der Waals surface area contributed by atoms with Gasteiger partial charge in [-0.1, -0.05) is 36.0 Å². The van der Waals surface area contributed by atoms with Crippen LogP contribution in [0.15, 0.2) is 48.1 Å². The first-order chi connectivity index (χ1) is 17.9. The average molecular weight is 511 g/mol. The van der Waals surface area contributed by atoms with E-state index in [-0.39, 0.29) is 25.0 Å². The number of carbonyl (C=O) groups is 3. The maximum atomic E-state index is 13.5. The predicted octanol–water partition coefficient (Wildman–Crippen LogP) is 3.68. The molecule has 1 aromatic carbocycles. The molecule has 1 aliphatic heterocycles. The van der Waals surface area contributed by atoms with Gasteiger partial charge in [-0.15, -0.1) is 0 Å². The molecule has 0 bridgehead atoms. The Morgan fingerprint density at radius 3 is 2.54 bits per heavy atom. The van der Waals surface area contributed by atoms with Crippen LogP contribution in [0.4, 0.5) is 0 Å². The number of allylic oxidation sites excluding steroid dienone is 6. The highest BCUT2D eigenvalue weighted by Gasteiger charge is 2.34. The zero-order chi connectivity index (χ0) is 26.8. The topological polar surface area (TPSA) is 94.2 Å². The lowest BCUT2D eigenvalue weighted by molar-refractivity contribution is -0.147. The minimum atomic E-state index is -0.691. The molecule has 8 nitrogen and oxygen atoms in total. The third-order valence-corrected chi connectivity index (χ3v) is 6.73. The molecular formula is C29H38N2O6. The van der Waals surface area contributed by atoms with E-state index < -0.39 is 18.1 Å². The van der Waals surface area contributed by atoms with Gasteiger partial charge in [-0.05, 0) is 62.8 Å². The summed E-state index contributed by atoms with van der Waals surface area (Å²) in [4.78, 5) is 39.8. The van der Waals surface area contributed by atoms with Crippen molar-refractivity contribution in [3.05, 3.63) is 59.2 Å². The summed E-state index contributed by atoms with van der Waals surface area (Å²) in [6.45, 7) is 4.01. The van der Waals surface area contributed by atoms with Crippen molar-refractivity contribution in [1.82, 2.24) is 10.2 Å². The average Bonchev–Trinajstić information content (AvgIpc) is 2.89. The van der Waals surface area contributed by atoms with Crippen LogP contribution < -0.4 is 14.8 Å². The summed E-state index contributed by atoms with van der Waals surface area (Å²) in [6.07, 6.45) is 14.7. The number of nitrogens with zero attached hydrogens (tertiary/aromatic N) is 1. The Bertz CT molecular complexity index is 1060. The molecule has 0 aromatic heterocycles. The second-order valence-electron chi connectivity index (χ2n) is 9.22. The van der Waals surface area contributed by atoms with E-state index in [1.165, 1.54) is 0 Å². The second-order valence-corrected chi connectivity index (χ2v) is 9.22. The van der Waals surface area contributed by atoms with Crippen molar-refractivity contribution in [2.45, 2.75) is 70.6 Å². The minimum Gasteiger partial charge on any atom is -0.493 e. The van der Waals surface area contributed by atoms with E-state index in [9.17, 15) is 14.4 Å². The van der Waals surface area contributed by atoms with Gasteiger partial charge in [-0.2, -0.15) is 0 Å². The molecule has 3 unspecified atom stereocenters. The molecule has 2 aliphatic rings. The van der Waals surface area contributed by atoms with Crippen molar-refractivity contribution in [3.63, 3.8) is 0 Å². The van der Waals surface area contributed by atoms with Crippen molar-refractivity contribution in [2.75, 3.05) is 20.8 Å². The molecule has 1 heterocycles. The third-order valence-electron chi connectivity index (χ3n) is 6.73. The van der Waals surface area contributed by atoms with Crippen LogP contribution >= 0.6 is 0 Å². The SMILES string of the molecule is CCOC(=O)C(CCC1=C/CC/C=C/C=C\1)NC(C)C(=O)N1Cc2cc(OC)c(OC)cc2CC1C=O. The fraction of sp³-hybridized carbons (Fsp3) is 0.483. The van der Waals surface area contributed by atoms with Crippen LogP contribution in [0.25, 0.3) is 0 Å². The van der Waals surface area contributed by atoms with E-state index in [0.717, 1.165) is 35.8 Å². The van der Waals surface area contributed by atoms with Gasteiger partial charge in [0.25, 0.3) is 0 Å². The van der Waals surface area contributed by atoms with Gasteiger partial charge >= 0.3 is 5.97 Å². The molecule has 37 heavy (non-hydrogen) atoms. The van der Waals surface area contributed by atoms with Gasteiger partial charge in [0, 0.05) is 13.0 Å². The van der Waals surface area contributed by atoms with Crippen LogP contribution in [0, 0.1) is 0 Å². The molecule has 1 aromatic rings. The molecule has 1 N–H and O–H groups in total. The highest BCUT2D eigenvalue weighted by atomic mass is 16.5. The predicted molar refractivity (Wildman–Crippen MR) is 142 cm³/mol. The van der Waals surface area contributed by atoms with Crippen molar-refractivity contribution in [3.8, 4) is 11.5 Å². The number of nitrogens with one attached hydrogen (secondary N) is 1. The largest absolute Gasteiger partial charge is 0.493 e. The molecule has 1 amide bonds. The number of esters is 1. The van der Waals surface area contributed by atoms with Crippen molar-refractivity contribution in [1.29, 1.82) is 0 Å². The maximum absolute atomic E-state index is 13.5. The summed E-state index contributed by atoms with van der Waals surface area (Å²) in [5.41, 5.74) is 2.99. The fourth-order valence-electron chi connectivity index (χ4n) is 4.72. The van der Waals surface area contributed by atoms with E-state index in [1.807, 2.05) is 24.3 Å². The monoisotopic (exact) mass is 510 g/mol. The zero-order valence-electron chi connectivity index (χ0n) is 22.2. The molecular weight excluding hydrogens is 472 g/mol. The normalized spacial score (nSPS) is 21.7. The van der Waals surface area contributed by atoms with E-state index in [2.05, 4.69) is 23.5 Å². The van der Waals surface area contributed by atoms with Gasteiger partial charge < -0.3 is 23.9 Å². The van der Waals surface area contributed by atoms with Crippen LogP contribution in [0.1, 0.15) is 50.7 Å². The van der Waals surface area contributed by atoms with E-state index >= 15 is 0 Å². The Labute approximate surface area is 219 Å². The highest BCUT2D eigenvalue weighted by molar-refractivity contribution is 5.86. The van der Waals surface area contributed by atoms with Crippen molar-refractivity contribution in [2.24, 2.45) is 0 Å². The minimum absolute atomic E-state index is 0.248. The van der Waals surface area contributed by atoms with Crippen LogP contribution in [-0.4, -0.2) is 62.0 Å². The number of fused-ring (bicyclic) bond motifs is 1. The Hall–Kier alpha value is -3.39. The molecule has 0 spiro atoms. The van der Waals surface area contributed by atoms with Gasteiger partial charge in [-0.3, -0.25) is 14.9 Å². The molecule has 8 heteroatoms. The van der Waals surface area contributed by atoms with E-state index in [0.29, 0.717) is 30.8 Å². The van der Waals surface area contributed by atoms with Gasteiger partial charge in [0.05, 0.1) is 32.9 Å². The van der Waals surface area contributed by atoms with E-state index in [4.69, 9.17) is 14.2 Å². The first-order valence-corrected chi connectivity index (χ1v) is 12.9. The van der Waals surface area contributed by atoms with Crippen LogP contribution in [0.5, 0.6) is 11.5 Å². The summed E-state index contributed by atoms with van der Waals surface area (Å²) in [5.74, 6) is 0.523. The lowest BCUT2D eigenvalue weighted by Crippen LogP contribution is -2.55. The molecule has 1 aliphatic carbocycles. The molecule has 0 fully saturated rings. The lowest BCUT2D eigenvalue weighted by Gasteiger charge is -2.36. The molecule has 3 rings (SSSR count). The number of hydrogen-bond donors (Lipinski definition) is 1. The standard InChI is InChI=1S/C29H38N2O6/c1-5-37-29(34)25(14-13-21-11-9-7-6-8-10-12-21)30-20(2)28(33)31-18-23-17-27(36-4)26(35-3)16-22(23)15-24(31)19-32/h6-7,9,11-12,16-17,19-20,24-25,30H,5,8,10,13-15,18H2,1-4H3/b7-6+,11-9-,21-12+. The molecule has 0 saturated carbocycles. The first-order valence-electron chi connectivity index (χ1n) is 12.9. The number of rotatable bonds is 11. The Morgan fingerprint density at radius 1 is 1.14 bits per heavy atom. The number of aldehydes is 1. The van der Waals surface area contributed by atoms with Crippen LogP contribution in [0.3, 0.4) is 0 Å². The summed E-state index contributed by atoms with van der Waals surface area (Å²) >= 11 is 0. The van der Waals surface area contributed by atoms with Gasteiger partial charge in [0.1, 0.15) is 12.3 Å². The Morgan fingerprint density at radius 2 is 1.86 bits per heavy atom. The van der Waals surface area contributed by atoms with Gasteiger partial charge in [0.15, 0.2) is 11.5 Å². The van der Waals surface area contributed by atoms with Gasteiger partial charge in [0.2, 0.25) is 5.91 Å². The number of hydrogen-bond acceptors (Lipinski definition) is 7. The fourth-order valence-corrected chi connectivity index (χ4v) is 4.72.